The molecule has 0 aliphatic carbocycles. The molecule has 0 saturated heterocycles. The Hall–Kier alpha value is -2.49. The van der Waals surface area contributed by atoms with Gasteiger partial charge in [-0.2, -0.15) is 0 Å². The van der Waals surface area contributed by atoms with Crippen LogP contribution in [-0.4, -0.2) is 15.9 Å². The van der Waals surface area contributed by atoms with E-state index in [4.69, 9.17) is 4.74 Å². The number of rotatable bonds is 2. The third kappa shape index (κ3) is 2.25. The number of carbonyl (C=O) groups is 1. The second-order valence-corrected chi connectivity index (χ2v) is 4.28. The first-order valence-corrected chi connectivity index (χ1v) is 6.02. The monoisotopic (exact) mass is 252 g/mol. The molecule has 0 atom stereocenters. The van der Waals surface area contributed by atoms with Crippen molar-refractivity contribution in [1.82, 2.24) is 9.97 Å². The molecule has 0 aliphatic heterocycles. The van der Waals surface area contributed by atoms with Crippen molar-refractivity contribution >= 4 is 28.0 Å². The maximum Gasteiger partial charge on any atom is 0.302 e. The zero-order valence-electron chi connectivity index (χ0n) is 10.5. The molecule has 0 spiro atoms. The normalized spacial score (nSPS) is 10.8. The Labute approximate surface area is 110 Å². The van der Waals surface area contributed by atoms with Crippen molar-refractivity contribution < 1.29 is 9.53 Å². The van der Waals surface area contributed by atoms with Crippen LogP contribution < -0.4 is 0 Å². The molecule has 1 aromatic heterocycles. The number of benzene rings is 2. The van der Waals surface area contributed by atoms with Gasteiger partial charge in [-0.25, -0.2) is 9.97 Å². The van der Waals surface area contributed by atoms with Crippen molar-refractivity contribution in [2.75, 3.05) is 0 Å². The lowest BCUT2D eigenvalue weighted by molar-refractivity contribution is -0.142. The van der Waals surface area contributed by atoms with E-state index in [9.17, 15) is 4.79 Å². The molecule has 0 N–H and O–H groups in total. The number of nitrogens with zero attached hydrogens (tertiary/aromatic N) is 2. The van der Waals surface area contributed by atoms with E-state index in [1.807, 2.05) is 42.5 Å². The zero-order valence-corrected chi connectivity index (χ0v) is 10.5. The van der Waals surface area contributed by atoms with Gasteiger partial charge in [-0.05, 0) is 18.2 Å². The van der Waals surface area contributed by atoms with Gasteiger partial charge in [0.05, 0.1) is 22.1 Å². The second-order valence-electron chi connectivity index (χ2n) is 4.28. The fourth-order valence-corrected chi connectivity index (χ4v) is 2.00. The molecule has 3 aromatic rings. The lowest BCUT2D eigenvalue weighted by atomic mass is 10.1. The van der Waals surface area contributed by atoms with E-state index >= 15 is 0 Å². The lowest BCUT2D eigenvalue weighted by Crippen LogP contribution is -2.00. The second kappa shape index (κ2) is 4.65. The molecule has 0 amide bonds. The van der Waals surface area contributed by atoms with Crippen LogP contribution in [0.3, 0.4) is 0 Å². The van der Waals surface area contributed by atoms with Gasteiger partial charge in [0.2, 0.25) is 0 Å². The highest BCUT2D eigenvalue weighted by atomic mass is 16.5. The summed E-state index contributed by atoms with van der Waals surface area (Å²) in [5.74, 6) is -0.300. The molecule has 0 radical (unpaired) electrons. The summed E-state index contributed by atoms with van der Waals surface area (Å²) in [5, 5.41) is 0. The molecule has 1 heterocycles. The first kappa shape index (κ1) is 11.6. The summed E-state index contributed by atoms with van der Waals surface area (Å²) in [6, 6.07) is 13.4. The van der Waals surface area contributed by atoms with Gasteiger partial charge in [0.1, 0.15) is 6.61 Å². The molecule has 94 valence electrons. The minimum absolute atomic E-state index is 0.222. The highest BCUT2D eigenvalue weighted by Crippen LogP contribution is 2.19. The fraction of sp³-hybridized carbons (Fsp3) is 0.133. The largest absolute Gasteiger partial charge is 0.461 e. The number of carbonyl (C=O) groups excluding carboxylic acids is 1. The number of fused-ring (bicyclic) bond motifs is 2. The van der Waals surface area contributed by atoms with Crippen LogP contribution in [0.2, 0.25) is 0 Å². The number of ether oxygens (including phenoxy) is 1. The average molecular weight is 252 g/mol. The van der Waals surface area contributed by atoms with Gasteiger partial charge in [0, 0.05) is 12.5 Å². The summed E-state index contributed by atoms with van der Waals surface area (Å²) in [6.45, 7) is 1.62. The first-order chi connectivity index (χ1) is 9.24. The average Bonchev–Trinajstić information content (AvgIpc) is 2.42. The van der Waals surface area contributed by atoms with E-state index in [0.717, 1.165) is 27.6 Å². The molecular formula is C15H12N2O2. The maximum absolute atomic E-state index is 10.9. The Balaban J connectivity index is 2.17. The molecular weight excluding hydrogens is 240 g/mol. The van der Waals surface area contributed by atoms with Crippen LogP contribution in [0.1, 0.15) is 12.5 Å². The highest BCUT2D eigenvalue weighted by Gasteiger charge is 2.07. The van der Waals surface area contributed by atoms with E-state index in [0.29, 0.717) is 0 Å². The molecule has 4 heteroatoms. The minimum Gasteiger partial charge on any atom is -0.461 e. The Bertz CT molecular complexity index is 768. The van der Waals surface area contributed by atoms with Crippen molar-refractivity contribution in [2.45, 2.75) is 13.5 Å². The molecule has 3 rings (SSSR count). The number of aromatic nitrogens is 2. The summed E-state index contributed by atoms with van der Waals surface area (Å²) < 4.78 is 5.04. The quantitative estimate of drug-likeness (QED) is 0.520. The van der Waals surface area contributed by atoms with Crippen LogP contribution in [0, 0.1) is 0 Å². The fourth-order valence-electron chi connectivity index (χ4n) is 2.00. The van der Waals surface area contributed by atoms with Gasteiger partial charge < -0.3 is 4.74 Å². The van der Waals surface area contributed by atoms with Gasteiger partial charge >= 0.3 is 5.97 Å². The van der Waals surface area contributed by atoms with Gasteiger partial charge in [0.25, 0.3) is 0 Å². The van der Waals surface area contributed by atoms with Crippen molar-refractivity contribution in [1.29, 1.82) is 0 Å². The minimum atomic E-state index is -0.300. The van der Waals surface area contributed by atoms with Crippen molar-refractivity contribution in [3.63, 3.8) is 0 Å². The van der Waals surface area contributed by atoms with Gasteiger partial charge in [0.15, 0.2) is 0 Å². The molecule has 2 aromatic carbocycles. The number of hydrogen-bond acceptors (Lipinski definition) is 4. The molecule has 0 unspecified atom stereocenters. The number of esters is 1. The summed E-state index contributed by atoms with van der Waals surface area (Å²) in [4.78, 5) is 20.1. The predicted molar refractivity (Wildman–Crippen MR) is 72.5 cm³/mol. The van der Waals surface area contributed by atoms with Gasteiger partial charge in [-0.1, -0.05) is 24.3 Å². The van der Waals surface area contributed by atoms with Crippen LogP contribution in [0.25, 0.3) is 22.1 Å². The van der Waals surface area contributed by atoms with Gasteiger partial charge in [-0.15, -0.1) is 0 Å². The van der Waals surface area contributed by atoms with Crippen LogP contribution in [0.5, 0.6) is 0 Å². The van der Waals surface area contributed by atoms with Crippen LogP contribution in [0.15, 0.2) is 42.5 Å². The maximum atomic E-state index is 10.9. The lowest BCUT2D eigenvalue weighted by Gasteiger charge is -2.06. The van der Waals surface area contributed by atoms with E-state index < -0.39 is 0 Å². The van der Waals surface area contributed by atoms with Crippen LogP contribution >= 0.6 is 0 Å². The Morgan fingerprint density at radius 1 is 1.00 bits per heavy atom. The Morgan fingerprint density at radius 2 is 1.68 bits per heavy atom. The molecule has 0 bridgehead atoms. The highest BCUT2D eigenvalue weighted by molar-refractivity contribution is 5.87. The third-order valence-electron chi connectivity index (χ3n) is 2.88. The van der Waals surface area contributed by atoms with Gasteiger partial charge in [-0.3, -0.25) is 4.79 Å². The molecule has 0 fully saturated rings. The zero-order chi connectivity index (χ0) is 13.2. The SMILES string of the molecule is CC(=O)OCc1cccc2nc3ccccc3nc12. The topological polar surface area (TPSA) is 52.1 Å². The molecule has 0 saturated carbocycles. The summed E-state index contributed by atoms with van der Waals surface area (Å²) in [5.41, 5.74) is 4.15. The first-order valence-electron chi connectivity index (χ1n) is 6.02. The van der Waals surface area contributed by atoms with E-state index in [2.05, 4.69) is 9.97 Å². The summed E-state index contributed by atoms with van der Waals surface area (Å²) >= 11 is 0. The predicted octanol–water partition coefficient (Wildman–Crippen LogP) is 2.85. The van der Waals surface area contributed by atoms with E-state index in [-0.39, 0.29) is 12.6 Å². The van der Waals surface area contributed by atoms with Crippen molar-refractivity contribution in [3.05, 3.63) is 48.0 Å². The molecule has 4 nitrogen and oxygen atoms in total. The van der Waals surface area contributed by atoms with E-state index in [1.54, 1.807) is 0 Å². The van der Waals surface area contributed by atoms with Crippen LogP contribution in [-0.2, 0) is 16.1 Å². The standard InChI is InChI=1S/C15H12N2O2/c1-10(18)19-9-11-5-4-8-14-15(11)17-13-7-3-2-6-12(13)16-14/h2-8H,9H2,1H3. The summed E-state index contributed by atoms with van der Waals surface area (Å²) in [7, 11) is 0. The molecule has 19 heavy (non-hydrogen) atoms. The molecule has 0 aliphatic rings. The number of para-hydroxylation sites is 3. The number of hydrogen-bond donors (Lipinski definition) is 0. The smallest absolute Gasteiger partial charge is 0.302 e. The van der Waals surface area contributed by atoms with Crippen LogP contribution in [0.4, 0.5) is 0 Å². The van der Waals surface area contributed by atoms with Crippen molar-refractivity contribution in [2.24, 2.45) is 0 Å². The summed E-state index contributed by atoms with van der Waals surface area (Å²) in [6.07, 6.45) is 0. The Morgan fingerprint density at radius 3 is 2.42 bits per heavy atom. The van der Waals surface area contributed by atoms with E-state index in [1.165, 1.54) is 6.92 Å². The van der Waals surface area contributed by atoms with Crippen molar-refractivity contribution in [3.8, 4) is 0 Å². The Kier molecular flexibility index (Phi) is 2.83. The third-order valence-corrected chi connectivity index (χ3v) is 2.88.